The Balaban J connectivity index is 1.71. The minimum absolute atomic E-state index is 0.0510. The van der Waals surface area contributed by atoms with Gasteiger partial charge in [-0.05, 0) is 31.2 Å². The Bertz CT molecular complexity index is 976. The standard InChI is InChI=1S/C18H18ClFN4O3S/c1-11-13(5-7-27-11)17-22-23-18(24(17)6-8-26-2)28-10-16(25)21-12-3-4-15(20)14(19)9-12/h3-5,7,9H,6,8,10H2,1-2H3,(H,21,25). The summed E-state index contributed by atoms with van der Waals surface area (Å²) < 4.78 is 25.6. The Hall–Kier alpha value is -2.36. The van der Waals surface area contributed by atoms with Crippen LogP contribution in [0.15, 0.2) is 40.1 Å². The number of anilines is 1. The first-order valence-corrected chi connectivity index (χ1v) is 9.70. The Kier molecular flexibility index (Phi) is 6.71. The fourth-order valence-electron chi connectivity index (χ4n) is 2.50. The van der Waals surface area contributed by atoms with Crippen LogP contribution in [-0.2, 0) is 16.1 Å². The molecule has 1 N–H and O–H groups in total. The molecule has 3 aromatic rings. The third-order valence-corrected chi connectivity index (χ3v) is 5.13. The van der Waals surface area contributed by atoms with Gasteiger partial charge in [-0.2, -0.15) is 0 Å². The van der Waals surface area contributed by atoms with E-state index in [-0.39, 0.29) is 16.7 Å². The zero-order valence-corrected chi connectivity index (χ0v) is 16.8. The van der Waals surface area contributed by atoms with Crippen molar-refractivity contribution < 1.29 is 18.3 Å². The summed E-state index contributed by atoms with van der Waals surface area (Å²) in [6, 6.07) is 5.83. The number of ether oxygens (including phenoxy) is 1. The molecule has 28 heavy (non-hydrogen) atoms. The van der Waals surface area contributed by atoms with Crippen molar-refractivity contribution in [1.82, 2.24) is 14.8 Å². The van der Waals surface area contributed by atoms with Crippen molar-refractivity contribution in [1.29, 1.82) is 0 Å². The molecule has 0 bridgehead atoms. The van der Waals surface area contributed by atoms with Crippen LogP contribution < -0.4 is 5.32 Å². The van der Waals surface area contributed by atoms with E-state index in [0.29, 0.717) is 29.8 Å². The van der Waals surface area contributed by atoms with Gasteiger partial charge in [-0.15, -0.1) is 10.2 Å². The lowest BCUT2D eigenvalue weighted by atomic mass is 10.2. The number of hydrogen-bond donors (Lipinski definition) is 1. The van der Waals surface area contributed by atoms with Gasteiger partial charge in [0.1, 0.15) is 11.6 Å². The summed E-state index contributed by atoms with van der Waals surface area (Å²) in [5, 5.41) is 11.7. The number of aromatic nitrogens is 3. The molecule has 0 aliphatic carbocycles. The molecule has 0 spiro atoms. The van der Waals surface area contributed by atoms with E-state index in [0.717, 1.165) is 11.3 Å². The van der Waals surface area contributed by atoms with E-state index in [1.165, 1.54) is 30.0 Å². The van der Waals surface area contributed by atoms with Crippen molar-refractivity contribution in [3.8, 4) is 11.4 Å². The predicted octanol–water partition coefficient (Wildman–Crippen LogP) is 4.02. The minimum atomic E-state index is -0.539. The summed E-state index contributed by atoms with van der Waals surface area (Å²) in [6.45, 7) is 2.84. The lowest BCUT2D eigenvalue weighted by Crippen LogP contribution is -2.15. The van der Waals surface area contributed by atoms with Crippen LogP contribution in [0.3, 0.4) is 0 Å². The number of nitrogens with one attached hydrogen (secondary N) is 1. The summed E-state index contributed by atoms with van der Waals surface area (Å²) in [7, 11) is 1.61. The summed E-state index contributed by atoms with van der Waals surface area (Å²) in [4.78, 5) is 12.2. The monoisotopic (exact) mass is 424 g/mol. The SMILES string of the molecule is COCCn1c(SCC(=O)Nc2ccc(F)c(Cl)c2)nnc1-c1ccoc1C. The van der Waals surface area contributed by atoms with Gasteiger partial charge in [-0.1, -0.05) is 23.4 Å². The Labute approximate surface area is 170 Å². The number of carbonyl (C=O) groups excluding carboxylic acids is 1. The fourth-order valence-corrected chi connectivity index (χ4v) is 3.44. The number of halogens is 2. The Morgan fingerprint density at radius 1 is 1.39 bits per heavy atom. The van der Waals surface area contributed by atoms with Crippen LogP contribution in [0.5, 0.6) is 0 Å². The highest BCUT2D eigenvalue weighted by molar-refractivity contribution is 7.99. The molecule has 148 valence electrons. The molecular formula is C18H18ClFN4O3S. The number of aryl methyl sites for hydroxylation is 1. The molecule has 1 amide bonds. The highest BCUT2D eigenvalue weighted by Crippen LogP contribution is 2.27. The van der Waals surface area contributed by atoms with Crippen molar-refractivity contribution in [2.24, 2.45) is 0 Å². The van der Waals surface area contributed by atoms with Gasteiger partial charge in [0.05, 0.1) is 35.8 Å². The van der Waals surface area contributed by atoms with E-state index in [1.54, 1.807) is 13.4 Å². The molecule has 0 saturated heterocycles. The van der Waals surface area contributed by atoms with Crippen LogP contribution in [0, 0.1) is 12.7 Å². The molecule has 0 saturated carbocycles. The van der Waals surface area contributed by atoms with Crippen molar-refractivity contribution >= 4 is 35.0 Å². The molecule has 7 nitrogen and oxygen atoms in total. The average Bonchev–Trinajstić information content (AvgIpc) is 3.26. The molecule has 0 fully saturated rings. The van der Waals surface area contributed by atoms with E-state index < -0.39 is 5.82 Å². The van der Waals surface area contributed by atoms with Crippen molar-refractivity contribution in [2.45, 2.75) is 18.6 Å². The predicted molar refractivity (Wildman–Crippen MR) is 105 cm³/mol. The first-order chi connectivity index (χ1) is 13.5. The molecule has 0 unspecified atom stereocenters. The zero-order chi connectivity index (χ0) is 20.1. The van der Waals surface area contributed by atoms with Crippen LogP contribution >= 0.6 is 23.4 Å². The number of amides is 1. The molecule has 10 heteroatoms. The zero-order valence-electron chi connectivity index (χ0n) is 15.2. The van der Waals surface area contributed by atoms with E-state index >= 15 is 0 Å². The normalized spacial score (nSPS) is 11.0. The van der Waals surface area contributed by atoms with Gasteiger partial charge >= 0.3 is 0 Å². The van der Waals surface area contributed by atoms with Gasteiger partial charge < -0.3 is 14.5 Å². The number of benzene rings is 1. The number of hydrogen-bond acceptors (Lipinski definition) is 6. The van der Waals surface area contributed by atoms with Crippen LogP contribution in [0.25, 0.3) is 11.4 Å². The maximum Gasteiger partial charge on any atom is 0.234 e. The largest absolute Gasteiger partial charge is 0.469 e. The first kappa shape index (κ1) is 20.4. The van der Waals surface area contributed by atoms with Crippen LogP contribution in [0.1, 0.15) is 5.76 Å². The number of nitrogens with zero attached hydrogens (tertiary/aromatic N) is 3. The van der Waals surface area contributed by atoms with E-state index in [2.05, 4.69) is 15.5 Å². The maximum atomic E-state index is 13.2. The second kappa shape index (κ2) is 9.22. The van der Waals surface area contributed by atoms with Gasteiger partial charge in [0.25, 0.3) is 0 Å². The van der Waals surface area contributed by atoms with Crippen LogP contribution in [-0.4, -0.2) is 40.1 Å². The lowest BCUT2D eigenvalue weighted by Gasteiger charge is -2.09. The lowest BCUT2D eigenvalue weighted by molar-refractivity contribution is -0.113. The number of rotatable bonds is 8. The number of carbonyl (C=O) groups is 1. The highest BCUT2D eigenvalue weighted by atomic mass is 35.5. The minimum Gasteiger partial charge on any atom is -0.469 e. The van der Waals surface area contributed by atoms with Crippen LogP contribution in [0.4, 0.5) is 10.1 Å². The van der Waals surface area contributed by atoms with Crippen LogP contribution in [0.2, 0.25) is 5.02 Å². The summed E-state index contributed by atoms with van der Waals surface area (Å²) in [5.41, 5.74) is 1.26. The summed E-state index contributed by atoms with van der Waals surface area (Å²) in [6.07, 6.45) is 1.59. The van der Waals surface area contributed by atoms with Crippen molar-refractivity contribution in [3.63, 3.8) is 0 Å². The molecule has 2 heterocycles. The number of thioether (sulfide) groups is 1. The van der Waals surface area contributed by atoms with E-state index in [4.69, 9.17) is 20.8 Å². The molecule has 2 aromatic heterocycles. The second-order valence-electron chi connectivity index (χ2n) is 5.81. The van der Waals surface area contributed by atoms with E-state index in [1.807, 2.05) is 17.6 Å². The maximum absolute atomic E-state index is 13.2. The molecule has 1 aromatic carbocycles. The van der Waals surface area contributed by atoms with Gasteiger partial charge in [-0.25, -0.2) is 4.39 Å². The van der Waals surface area contributed by atoms with E-state index in [9.17, 15) is 9.18 Å². The topological polar surface area (TPSA) is 82.2 Å². The summed E-state index contributed by atoms with van der Waals surface area (Å²) in [5.74, 6) is 0.673. The third-order valence-electron chi connectivity index (χ3n) is 3.87. The molecule has 0 aliphatic rings. The molecule has 0 radical (unpaired) electrons. The highest BCUT2D eigenvalue weighted by Gasteiger charge is 2.18. The van der Waals surface area contributed by atoms with Gasteiger partial charge in [0.2, 0.25) is 5.91 Å². The Morgan fingerprint density at radius 3 is 2.89 bits per heavy atom. The van der Waals surface area contributed by atoms with Gasteiger partial charge in [0.15, 0.2) is 11.0 Å². The Morgan fingerprint density at radius 2 is 2.21 bits per heavy atom. The second-order valence-corrected chi connectivity index (χ2v) is 7.16. The van der Waals surface area contributed by atoms with Gasteiger partial charge in [-0.3, -0.25) is 9.36 Å². The van der Waals surface area contributed by atoms with Gasteiger partial charge in [0, 0.05) is 12.8 Å². The molecule has 0 atom stereocenters. The van der Waals surface area contributed by atoms with Crippen molar-refractivity contribution in [2.75, 3.05) is 24.8 Å². The smallest absolute Gasteiger partial charge is 0.234 e. The fraction of sp³-hybridized carbons (Fsp3) is 0.278. The number of furan rings is 1. The first-order valence-electron chi connectivity index (χ1n) is 8.34. The molecule has 0 aliphatic heterocycles. The molecular weight excluding hydrogens is 407 g/mol. The third kappa shape index (κ3) is 4.73. The van der Waals surface area contributed by atoms with Crippen molar-refractivity contribution in [3.05, 3.63) is 47.1 Å². The number of methoxy groups -OCH3 is 1. The summed E-state index contributed by atoms with van der Waals surface area (Å²) >= 11 is 6.97. The quantitative estimate of drug-likeness (QED) is 0.550. The molecule has 3 rings (SSSR count). The average molecular weight is 425 g/mol.